The standard InChI is InChI=1S/C14H17N3O2S/c1-2-19-14(18)12-7-10(15)3-4-13(12)16-6-5-11-8-20-9-17-11/h3-4,7-9,16H,2,5-6,15H2,1H3. The van der Waals surface area contributed by atoms with Crippen LogP contribution in [0.15, 0.2) is 29.1 Å². The van der Waals surface area contributed by atoms with E-state index in [2.05, 4.69) is 10.3 Å². The molecule has 0 aliphatic carbocycles. The first-order chi connectivity index (χ1) is 9.70. The summed E-state index contributed by atoms with van der Waals surface area (Å²) in [6.07, 6.45) is 0.802. The Bertz CT molecular complexity index is 570. The maximum atomic E-state index is 11.9. The van der Waals surface area contributed by atoms with Gasteiger partial charge in [-0.3, -0.25) is 0 Å². The summed E-state index contributed by atoms with van der Waals surface area (Å²) < 4.78 is 5.03. The minimum atomic E-state index is -0.365. The van der Waals surface area contributed by atoms with Gasteiger partial charge in [-0.05, 0) is 25.1 Å². The molecule has 2 aromatic rings. The minimum Gasteiger partial charge on any atom is -0.462 e. The average Bonchev–Trinajstić information content (AvgIpc) is 2.94. The number of anilines is 2. The second-order valence-electron chi connectivity index (χ2n) is 4.18. The molecule has 0 saturated carbocycles. The van der Waals surface area contributed by atoms with Crippen molar-refractivity contribution in [3.8, 4) is 0 Å². The average molecular weight is 291 g/mol. The number of carbonyl (C=O) groups is 1. The number of esters is 1. The first-order valence-corrected chi connectivity index (χ1v) is 7.32. The quantitative estimate of drug-likeness (QED) is 0.632. The van der Waals surface area contributed by atoms with E-state index in [1.165, 1.54) is 0 Å². The fraction of sp³-hybridized carbons (Fsp3) is 0.286. The monoisotopic (exact) mass is 291 g/mol. The number of ether oxygens (including phenoxy) is 1. The summed E-state index contributed by atoms with van der Waals surface area (Å²) in [5.41, 5.74) is 10.3. The summed E-state index contributed by atoms with van der Waals surface area (Å²) in [4.78, 5) is 16.1. The summed E-state index contributed by atoms with van der Waals surface area (Å²) in [7, 11) is 0. The van der Waals surface area contributed by atoms with Crippen molar-refractivity contribution >= 4 is 28.7 Å². The van der Waals surface area contributed by atoms with Crippen LogP contribution in [0.1, 0.15) is 23.0 Å². The Balaban J connectivity index is 2.04. The zero-order valence-corrected chi connectivity index (χ0v) is 12.1. The molecule has 2 rings (SSSR count). The number of hydrogen-bond donors (Lipinski definition) is 2. The topological polar surface area (TPSA) is 77.2 Å². The Morgan fingerprint density at radius 2 is 2.35 bits per heavy atom. The van der Waals surface area contributed by atoms with Gasteiger partial charge in [-0.1, -0.05) is 0 Å². The SMILES string of the molecule is CCOC(=O)c1cc(N)ccc1NCCc1cscn1. The van der Waals surface area contributed by atoms with Crippen LogP contribution in [0.3, 0.4) is 0 Å². The van der Waals surface area contributed by atoms with Gasteiger partial charge in [0, 0.05) is 29.7 Å². The van der Waals surface area contributed by atoms with Crippen LogP contribution in [-0.4, -0.2) is 24.1 Å². The van der Waals surface area contributed by atoms with Crippen molar-refractivity contribution in [3.05, 3.63) is 40.3 Å². The Labute approximate surface area is 121 Å². The van der Waals surface area contributed by atoms with E-state index in [0.29, 0.717) is 24.4 Å². The Hall–Kier alpha value is -2.08. The highest BCUT2D eigenvalue weighted by Crippen LogP contribution is 2.20. The van der Waals surface area contributed by atoms with E-state index in [-0.39, 0.29) is 5.97 Å². The number of nitrogens with zero attached hydrogens (tertiary/aromatic N) is 1. The third-order valence-electron chi connectivity index (χ3n) is 2.72. The van der Waals surface area contributed by atoms with Gasteiger partial charge in [0.15, 0.2) is 0 Å². The predicted octanol–water partition coefficient (Wildman–Crippen LogP) is 2.56. The molecule has 1 aromatic heterocycles. The van der Waals surface area contributed by atoms with Gasteiger partial charge >= 0.3 is 5.97 Å². The van der Waals surface area contributed by atoms with Gasteiger partial charge in [-0.25, -0.2) is 9.78 Å². The molecule has 0 atom stereocenters. The van der Waals surface area contributed by atoms with Crippen LogP contribution in [0.4, 0.5) is 11.4 Å². The summed E-state index contributed by atoms with van der Waals surface area (Å²) >= 11 is 1.57. The molecule has 0 spiro atoms. The first-order valence-electron chi connectivity index (χ1n) is 6.38. The molecular weight excluding hydrogens is 274 g/mol. The number of aromatic nitrogens is 1. The largest absolute Gasteiger partial charge is 0.462 e. The van der Waals surface area contributed by atoms with Gasteiger partial charge in [0.05, 0.1) is 23.4 Å². The van der Waals surface area contributed by atoms with Crippen molar-refractivity contribution in [2.75, 3.05) is 24.2 Å². The molecule has 0 aliphatic heterocycles. The number of benzene rings is 1. The zero-order valence-electron chi connectivity index (χ0n) is 11.3. The Morgan fingerprint density at radius 1 is 1.50 bits per heavy atom. The molecule has 0 fully saturated rings. The highest BCUT2D eigenvalue weighted by molar-refractivity contribution is 7.07. The molecule has 0 radical (unpaired) electrons. The van der Waals surface area contributed by atoms with Crippen LogP contribution >= 0.6 is 11.3 Å². The lowest BCUT2D eigenvalue weighted by Crippen LogP contribution is -2.12. The van der Waals surface area contributed by atoms with Crippen LogP contribution in [0.5, 0.6) is 0 Å². The Kier molecular flexibility index (Phi) is 4.95. The number of rotatable bonds is 6. The smallest absolute Gasteiger partial charge is 0.340 e. The third-order valence-corrected chi connectivity index (χ3v) is 3.35. The van der Waals surface area contributed by atoms with Gasteiger partial charge in [0.2, 0.25) is 0 Å². The lowest BCUT2D eigenvalue weighted by molar-refractivity contribution is 0.0527. The van der Waals surface area contributed by atoms with Gasteiger partial charge in [-0.15, -0.1) is 11.3 Å². The van der Waals surface area contributed by atoms with Crippen LogP contribution in [0.25, 0.3) is 0 Å². The predicted molar refractivity (Wildman–Crippen MR) is 81.1 cm³/mol. The Morgan fingerprint density at radius 3 is 3.05 bits per heavy atom. The molecule has 20 heavy (non-hydrogen) atoms. The molecule has 0 saturated heterocycles. The second kappa shape index (κ2) is 6.91. The van der Waals surface area contributed by atoms with Crippen LogP contribution in [-0.2, 0) is 11.2 Å². The van der Waals surface area contributed by atoms with Crippen molar-refractivity contribution in [2.45, 2.75) is 13.3 Å². The summed E-state index contributed by atoms with van der Waals surface area (Å²) in [5, 5.41) is 5.24. The molecule has 106 valence electrons. The van der Waals surface area contributed by atoms with Crippen molar-refractivity contribution in [1.29, 1.82) is 0 Å². The highest BCUT2D eigenvalue weighted by atomic mass is 32.1. The lowest BCUT2D eigenvalue weighted by atomic mass is 10.1. The number of hydrogen-bond acceptors (Lipinski definition) is 6. The fourth-order valence-corrected chi connectivity index (χ4v) is 2.37. The molecule has 6 heteroatoms. The number of thiazole rings is 1. The summed E-state index contributed by atoms with van der Waals surface area (Å²) in [5.74, 6) is -0.365. The maximum Gasteiger partial charge on any atom is 0.340 e. The molecule has 5 nitrogen and oxygen atoms in total. The molecular formula is C14H17N3O2S. The van der Waals surface area contributed by atoms with Crippen molar-refractivity contribution in [3.63, 3.8) is 0 Å². The van der Waals surface area contributed by atoms with E-state index >= 15 is 0 Å². The summed E-state index contributed by atoms with van der Waals surface area (Å²) in [6, 6.07) is 5.18. The molecule has 0 aliphatic rings. The van der Waals surface area contributed by atoms with Crippen molar-refractivity contribution < 1.29 is 9.53 Å². The normalized spacial score (nSPS) is 10.2. The highest BCUT2D eigenvalue weighted by Gasteiger charge is 2.12. The van der Waals surface area contributed by atoms with Gasteiger partial charge in [0.25, 0.3) is 0 Å². The van der Waals surface area contributed by atoms with Gasteiger partial charge < -0.3 is 15.8 Å². The van der Waals surface area contributed by atoms with Crippen molar-refractivity contribution in [1.82, 2.24) is 4.98 Å². The van der Waals surface area contributed by atoms with E-state index in [0.717, 1.165) is 17.8 Å². The molecule has 1 aromatic carbocycles. The van der Waals surface area contributed by atoms with Crippen LogP contribution in [0.2, 0.25) is 0 Å². The number of nitrogen functional groups attached to an aromatic ring is 1. The molecule has 0 amide bonds. The van der Waals surface area contributed by atoms with Crippen LogP contribution in [0, 0.1) is 0 Å². The van der Waals surface area contributed by atoms with E-state index in [1.807, 2.05) is 10.9 Å². The number of nitrogens with one attached hydrogen (secondary N) is 1. The number of nitrogens with two attached hydrogens (primary N) is 1. The van der Waals surface area contributed by atoms with Crippen molar-refractivity contribution in [2.24, 2.45) is 0 Å². The molecule has 1 heterocycles. The van der Waals surface area contributed by atoms with Gasteiger partial charge in [0.1, 0.15) is 0 Å². The maximum absolute atomic E-state index is 11.9. The van der Waals surface area contributed by atoms with Crippen LogP contribution < -0.4 is 11.1 Å². The number of carbonyl (C=O) groups excluding carboxylic acids is 1. The van der Waals surface area contributed by atoms with E-state index in [4.69, 9.17) is 10.5 Å². The minimum absolute atomic E-state index is 0.339. The second-order valence-corrected chi connectivity index (χ2v) is 4.90. The molecule has 0 unspecified atom stereocenters. The van der Waals surface area contributed by atoms with E-state index in [1.54, 1.807) is 36.5 Å². The van der Waals surface area contributed by atoms with E-state index in [9.17, 15) is 4.79 Å². The summed E-state index contributed by atoms with van der Waals surface area (Å²) in [6.45, 7) is 2.81. The first kappa shape index (κ1) is 14.3. The third kappa shape index (κ3) is 3.71. The fourth-order valence-electron chi connectivity index (χ4n) is 1.78. The lowest BCUT2D eigenvalue weighted by Gasteiger charge is -2.11. The molecule has 3 N–H and O–H groups in total. The zero-order chi connectivity index (χ0) is 14.4. The van der Waals surface area contributed by atoms with E-state index < -0.39 is 0 Å². The van der Waals surface area contributed by atoms with Gasteiger partial charge in [-0.2, -0.15) is 0 Å². The molecule has 0 bridgehead atoms.